The van der Waals surface area contributed by atoms with Crippen molar-refractivity contribution < 1.29 is 14.3 Å². The van der Waals surface area contributed by atoms with Crippen LogP contribution in [0.4, 0.5) is 4.79 Å². The minimum atomic E-state index is -0.465. The average molecular weight is 348 g/mol. The van der Waals surface area contributed by atoms with Gasteiger partial charge in [-0.25, -0.2) is 4.79 Å². The lowest BCUT2D eigenvalue weighted by molar-refractivity contribution is 0.0261. The number of ether oxygens (including phenoxy) is 2. The smallest absolute Gasteiger partial charge is 0.410 e. The predicted molar refractivity (Wildman–Crippen MR) is 100 cm³/mol. The highest BCUT2D eigenvalue weighted by molar-refractivity contribution is 5.68. The van der Waals surface area contributed by atoms with E-state index in [1.165, 1.54) is 11.1 Å². The Hall–Kier alpha value is -1.75. The van der Waals surface area contributed by atoms with Crippen molar-refractivity contribution in [2.24, 2.45) is 0 Å². The zero-order valence-corrected chi connectivity index (χ0v) is 16.2. The van der Waals surface area contributed by atoms with Gasteiger partial charge in [-0.3, -0.25) is 0 Å². The summed E-state index contributed by atoms with van der Waals surface area (Å²) < 4.78 is 11.4. The second-order valence-electron chi connectivity index (χ2n) is 7.55. The summed E-state index contributed by atoms with van der Waals surface area (Å²) in [7, 11) is 0. The molecule has 0 spiro atoms. The lowest BCUT2D eigenvalue weighted by Crippen LogP contribution is -2.40. The number of hydrogen-bond acceptors (Lipinski definition) is 4. The Morgan fingerprint density at radius 3 is 2.84 bits per heavy atom. The zero-order valence-electron chi connectivity index (χ0n) is 16.2. The summed E-state index contributed by atoms with van der Waals surface area (Å²) in [4.78, 5) is 14.0. The summed E-state index contributed by atoms with van der Waals surface area (Å²) in [5.74, 6) is 1.01. The molecule has 1 aromatic rings. The fourth-order valence-corrected chi connectivity index (χ4v) is 3.05. The third-order valence-electron chi connectivity index (χ3n) is 4.31. The topological polar surface area (TPSA) is 50.8 Å². The number of aryl methyl sites for hydroxylation is 1. The van der Waals surface area contributed by atoms with Gasteiger partial charge in [0, 0.05) is 31.2 Å². The molecule has 0 radical (unpaired) electrons. The molecule has 1 aromatic carbocycles. The van der Waals surface area contributed by atoms with E-state index >= 15 is 0 Å². The number of nitrogens with zero attached hydrogens (tertiary/aromatic N) is 1. The van der Waals surface area contributed by atoms with Gasteiger partial charge in [0.2, 0.25) is 0 Å². The van der Waals surface area contributed by atoms with Gasteiger partial charge in [-0.2, -0.15) is 0 Å². The molecule has 0 fully saturated rings. The van der Waals surface area contributed by atoms with Crippen molar-refractivity contribution in [3.63, 3.8) is 0 Å². The minimum absolute atomic E-state index is 0.253. The molecule has 1 atom stereocenters. The molecule has 0 saturated heterocycles. The van der Waals surface area contributed by atoms with Gasteiger partial charge in [-0.05, 0) is 53.0 Å². The van der Waals surface area contributed by atoms with E-state index in [1.807, 2.05) is 27.7 Å². The number of fused-ring (bicyclic) bond motifs is 1. The van der Waals surface area contributed by atoms with E-state index in [0.717, 1.165) is 31.7 Å². The van der Waals surface area contributed by atoms with Gasteiger partial charge in [0.15, 0.2) is 0 Å². The zero-order chi connectivity index (χ0) is 18.4. The SMILES string of the molecule is CCN(CCNC1CCCOc2c(C)cccc21)C(=O)OC(C)(C)C. The first-order valence-corrected chi connectivity index (χ1v) is 9.25. The van der Waals surface area contributed by atoms with Crippen molar-refractivity contribution in [2.75, 3.05) is 26.2 Å². The van der Waals surface area contributed by atoms with Crippen molar-refractivity contribution in [2.45, 2.75) is 59.1 Å². The Morgan fingerprint density at radius 2 is 2.16 bits per heavy atom. The second-order valence-corrected chi connectivity index (χ2v) is 7.55. The number of likely N-dealkylation sites (N-methyl/N-ethyl adjacent to an activating group) is 1. The van der Waals surface area contributed by atoms with Crippen LogP contribution in [0.2, 0.25) is 0 Å². The Labute approximate surface area is 151 Å². The number of benzene rings is 1. The van der Waals surface area contributed by atoms with E-state index in [2.05, 4.69) is 30.4 Å². The molecule has 0 saturated carbocycles. The number of carbonyl (C=O) groups excluding carboxylic acids is 1. The highest BCUT2D eigenvalue weighted by atomic mass is 16.6. The lowest BCUT2D eigenvalue weighted by atomic mass is 10.00. The van der Waals surface area contributed by atoms with Gasteiger partial charge >= 0.3 is 6.09 Å². The van der Waals surface area contributed by atoms with E-state index in [0.29, 0.717) is 13.1 Å². The van der Waals surface area contributed by atoms with Gasteiger partial charge in [0.1, 0.15) is 11.4 Å². The summed E-state index contributed by atoms with van der Waals surface area (Å²) in [5.41, 5.74) is 1.93. The Morgan fingerprint density at radius 1 is 1.40 bits per heavy atom. The van der Waals surface area contributed by atoms with Crippen LogP contribution >= 0.6 is 0 Å². The molecule has 0 bridgehead atoms. The molecule has 1 aliphatic heterocycles. The van der Waals surface area contributed by atoms with E-state index < -0.39 is 5.60 Å². The second kappa shape index (κ2) is 8.56. The highest BCUT2D eigenvalue weighted by Gasteiger charge is 2.23. The molecular weight excluding hydrogens is 316 g/mol. The van der Waals surface area contributed by atoms with Gasteiger partial charge in [0.25, 0.3) is 0 Å². The van der Waals surface area contributed by atoms with Crippen molar-refractivity contribution in [3.8, 4) is 5.75 Å². The summed E-state index contributed by atoms with van der Waals surface area (Å²) in [6.07, 6.45) is 1.81. The van der Waals surface area contributed by atoms with Gasteiger partial charge in [0.05, 0.1) is 6.61 Å². The van der Waals surface area contributed by atoms with E-state index in [9.17, 15) is 4.79 Å². The van der Waals surface area contributed by atoms with E-state index in [4.69, 9.17) is 9.47 Å². The van der Waals surface area contributed by atoms with Gasteiger partial charge in [-0.1, -0.05) is 18.2 Å². The van der Waals surface area contributed by atoms with Crippen molar-refractivity contribution in [3.05, 3.63) is 29.3 Å². The number of hydrogen-bond donors (Lipinski definition) is 1. The van der Waals surface area contributed by atoms with Crippen LogP contribution in [0, 0.1) is 6.92 Å². The Bertz CT molecular complexity index is 581. The third-order valence-corrected chi connectivity index (χ3v) is 4.31. The number of carbonyl (C=O) groups is 1. The number of rotatable bonds is 5. The largest absolute Gasteiger partial charge is 0.493 e. The fourth-order valence-electron chi connectivity index (χ4n) is 3.05. The van der Waals surface area contributed by atoms with Crippen LogP contribution in [0.15, 0.2) is 18.2 Å². The summed E-state index contributed by atoms with van der Waals surface area (Å²) in [6, 6.07) is 6.56. The first-order valence-electron chi connectivity index (χ1n) is 9.25. The molecule has 5 heteroatoms. The van der Waals surface area contributed by atoms with Crippen LogP contribution in [0.25, 0.3) is 0 Å². The number of nitrogens with one attached hydrogen (secondary N) is 1. The first kappa shape index (κ1) is 19.6. The molecule has 1 amide bonds. The minimum Gasteiger partial charge on any atom is -0.493 e. The van der Waals surface area contributed by atoms with Gasteiger partial charge in [-0.15, -0.1) is 0 Å². The quantitative estimate of drug-likeness (QED) is 0.872. The van der Waals surface area contributed by atoms with Crippen LogP contribution in [-0.2, 0) is 4.74 Å². The lowest BCUT2D eigenvalue weighted by Gasteiger charge is -2.27. The maximum atomic E-state index is 12.2. The molecule has 1 aliphatic rings. The molecule has 0 aliphatic carbocycles. The predicted octanol–water partition coefficient (Wildman–Crippen LogP) is 4.06. The first-order chi connectivity index (χ1) is 11.8. The molecule has 5 nitrogen and oxygen atoms in total. The maximum absolute atomic E-state index is 12.2. The molecule has 0 aromatic heterocycles. The Kier molecular flexibility index (Phi) is 6.71. The molecule has 140 valence electrons. The van der Waals surface area contributed by atoms with Crippen molar-refractivity contribution >= 4 is 6.09 Å². The van der Waals surface area contributed by atoms with Gasteiger partial charge < -0.3 is 19.7 Å². The van der Waals surface area contributed by atoms with Crippen molar-refractivity contribution in [1.29, 1.82) is 0 Å². The van der Waals surface area contributed by atoms with E-state index in [-0.39, 0.29) is 12.1 Å². The van der Waals surface area contributed by atoms with Crippen LogP contribution in [0.3, 0.4) is 0 Å². The molecule has 1 unspecified atom stereocenters. The van der Waals surface area contributed by atoms with Crippen LogP contribution in [-0.4, -0.2) is 42.8 Å². The average Bonchev–Trinajstić information content (AvgIpc) is 2.73. The molecule has 1 heterocycles. The maximum Gasteiger partial charge on any atom is 0.410 e. The Balaban J connectivity index is 1.95. The monoisotopic (exact) mass is 348 g/mol. The fraction of sp³-hybridized carbons (Fsp3) is 0.650. The van der Waals surface area contributed by atoms with Crippen LogP contribution in [0.1, 0.15) is 57.7 Å². The molecule has 25 heavy (non-hydrogen) atoms. The van der Waals surface area contributed by atoms with E-state index in [1.54, 1.807) is 4.90 Å². The standard InChI is InChI=1S/C20H32N2O3/c1-6-22(19(23)25-20(3,4)5)13-12-21-17-11-8-14-24-18-15(2)9-7-10-16(17)18/h7,9-10,17,21H,6,8,11-14H2,1-5H3. The molecule has 1 N–H and O–H groups in total. The third kappa shape index (κ3) is 5.63. The number of amides is 1. The molecule has 2 rings (SSSR count). The normalized spacial score (nSPS) is 17.2. The summed E-state index contributed by atoms with van der Waals surface area (Å²) in [6.45, 7) is 12.5. The van der Waals surface area contributed by atoms with Crippen LogP contribution < -0.4 is 10.1 Å². The number of para-hydroxylation sites is 1. The van der Waals surface area contributed by atoms with Crippen molar-refractivity contribution in [1.82, 2.24) is 10.2 Å². The highest BCUT2D eigenvalue weighted by Crippen LogP contribution is 2.33. The summed E-state index contributed by atoms with van der Waals surface area (Å²) >= 11 is 0. The summed E-state index contributed by atoms with van der Waals surface area (Å²) in [5, 5.41) is 3.60. The molecular formula is C20H32N2O3. The van der Waals surface area contributed by atoms with Crippen LogP contribution in [0.5, 0.6) is 5.75 Å².